The van der Waals surface area contributed by atoms with Crippen molar-refractivity contribution in [2.75, 3.05) is 6.54 Å². The minimum atomic E-state index is -0.410. The Labute approximate surface area is 174 Å². The zero-order chi connectivity index (χ0) is 19.5. The Hall–Kier alpha value is -2.27. The summed E-state index contributed by atoms with van der Waals surface area (Å²) in [6, 6.07) is 24.6. The van der Waals surface area contributed by atoms with Gasteiger partial charge in [0, 0.05) is 27.9 Å². The second-order valence-electron chi connectivity index (χ2n) is 6.81. The van der Waals surface area contributed by atoms with Gasteiger partial charge in [-0.1, -0.05) is 59.8 Å². The Balaban J connectivity index is 1.60. The first kappa shape index (κ1) is 19.1. The lowest BCUT2D eigenvalue weighted by atomic mass is 9.92. The molecule has 0 aromatic heterocycles. The van der Waals surface area contributed by atoms with Crippen LogP contribution in [0.25, 0.3) is 0 Å². The Bertz CT molecular complexity index is 990. The highest BCUT2D eigenvalue weighted by molar-refractivity contribution is 7.99. The van der Waals surface area contributed by atoms with Gasteiger partial charge in [-0.15, -0.1) is 0 Å². The number of halogens is 1. The van der Waals surface area contributed by atoms with E-state index in [1.807, 2.05) is 54.6 Å². The van der Waals surface area contributed by atoms with E-state index in [2.05, 4.69) is 23.1 Å². The number of benzene rings is 3. The maximum absolute atomic E-state index is 12.3. The van der Waals surface area contributed by atoms with Crippen LogP contribution in [0.4, 0.5) is 0 Å². The van der Waals surface area contributed by atoms with E-state index < -0.39 is 6.04 Å². The summed E-state index contributed by atoms with van der Waals surface area (Å²) in [5.41, 5.74) is 9.13. The van der Waals surface area contributed by atoms with Gasteiger partial charge in [0.2, 0.25) is 5.91 Å². The molecule has 3 aromatic carbocycles. The lowest BCUT2D eigenvalue weighted by molar-refractivity contribution is -0.124. The van der Waals surface area contributed by atoms with Crippen molar-refractivity contribution in [3.8, 4) is 0 Å². The molecule has 5 heteroatoms. The van der Waals surface area contributed by atoms with Crippen LogP contribution in [0.15, 0.2) is 76.5 Å². The predicted molar refractivity (Wildman–Crippen MR) is 113 cm³/mol. The van der Waals surface area contributed by atoms with Crippen LogP contribution in [-0.4, -0.2) is 17.4 Å². The van der Waals surface area contributed by atoms with Crippen LogP contribution in [0.3, 0.4) is 0 Å². The van der Waals surface area contributed by atoms with Gasteiger partial charge in [0.25, 0.3) is 0 Å². The Morgan fingerprint density at radius 3 is 2.75 bits per heavy atom. The minimum Gasteiger partial charge on any atom is -0.368 e. The first-order valence-corrected chi connectivity index (χ1v) is 10.3. The Morgan fingerprint density at radius 2 is 1.96 bits per heavy atom. The molecule has 0 aliphatic carbocycles. The van der Waals surface area contributed by atoms with Crippen LogP contribution in [0.2, 0.25) is 5.02 Å². The lowest BCUT2D eigenvalue weighted by Crippen LogP contribution is -2.42. The molecule has 1 amide bonds. The van der Waals surface area contributed by atoms with E-state index in [9.17, 15) is 4.79 Å². The standard InChI is InChI=1S/C23H20ClN2OS/c24-18-9-11-19(12-10-18)28-21-8-4-2-6-17(21)15-26-14-13-16-5-1-3-7-20(16)22(26)23(25)27/h2-12,22H,13-15H2,(H2,25,27). The number of carbonyl (C=O) groups excluding carboxylic acids is 1. The van der Waals surface area contributed by atoms with Crippen molar-refractivity contribution in [2.45, 2.75) is 28.8 Å². The molecule has 1 atom stereocenters. The number of hydrogen-bond donors (Lipinski definition) is 1. The molecule has 0 spiro atoms. The van der Waals surface area contributed by atoms with Gasteiger partial charge >= 0.3 is 0 Å². The fraction of sp³-hybridized carbons (Fsp3) is 0.174. The highest BCUT2D eigenvalue weighted by Gasteiger charge is 2.31. The molecule has 0 fully saturated rings. The fourth-order valence-electron chi connectivity index (χ4n) is 3.64. The van der Waals surface area contributed by atoms with Crippen LogP contribution < -0.4 is 5.73 Å². The van der Waals surface area contributed by atoms with Crippen molar-refractivity contribution >= 4 is 29.3 Å². The van der Waals surface area contributed by atoms with E-state index in [0.29, 0.717) is 6.54 Å². The zero-order valence-corrected chi connectivity index (χ0v) is 16.8. The summed E-state index contributed by atoms with van der Waals surface area (Å²) in [5.74, 6) is -0.310. The average molecular weight is 408 g/mol. The van der Waals surface area contributed by atoms with Crippen LogP contribution >= 0.6 is 23.4 Å². The first-order valence-electron chi connectivity index (χ1n) is 9.15. The zero-order valence-electron chi connectivity index (χ0n) is 15.3. The van der Waals surface area contributed by atoms with Gasteiger partial charge in [-0.25, -0.2) is 0 Å². The van der Waals surface area contributed by atoms with Gasteiger partial charge in [0.05, 0.1) is 0 Å². The first-order chi connectivity index (χ1) is 13.6. The van der Waals surface area contributed by atoms with Gasteiger partial charge in [-0.3, -0.25) is 9.69 Å². The van der Waals surface area contributed by atoms with E-state index in [4.69, 9.17) is 17.3 Å². The van der Waals surface area contributed by atoms with Gasteiger partial charge in [-0.05, 0) is 59.5 Å². The molecule has 1 heterocycles. The number of rotatable bonds is 5. The van der Waals surface area contributed by atoms with Gasteiger partial charge in [0.1, 0.15) is 6.04 Å². The van der Waals surface area contributed by atoms with E-state index in [1.165, 1.54) is 10.5 Å². The molecule has 3 nitrogen and oxygen atoms in total. The van der Waals surface area contributed by atoms with Gasteiger partial charge < -0.3 is 5.73 Å². The molecule has 4 rings (SSSR count). The number of amides is 1. The van der Waals surface area contributed by atoms with Crippen LogP contribution in [-0.2, 0) is 17.8 Å². The average Bonchev–Trinajstić information content (AvgIpc) is 2.70. The van der Waals surface area contributed by atoms with Crippen molar-refractivity contribution < 1.29 is 4.79 Å². The number of fused-ring (bicyclic) bond motifs is 1. The predicted octanol–water partition coefficient (Wildman–Crippen LogP) is 4.88. The molecule has 2 N–H and O–H groups in total. The van der Waals surface area contributed by atoms with Crippen molar-refractivity contribution in [1.29, 1.82) is 0 Å². The third kappa shape index (κ3) is 4.09. The quantitative estimate of drug-likeness (QED) is 0.655. The summed E-state index contributed by atoms with van der Waals surface area (Å²) in [7, 11) is 0. The summed E-state index contributed by atoms with van der Waals surface area (Å²) in [6.07, 6.45) is 0.892. The molecule has 3 aromatic rings. The summed E-state index contributed by atoms with van der Waals surface area (Å²) in [5, 5.41) is 0.728. The molecule has 0 bridgehead atoms. The highest BCUT2D eigenvalue weighted by atomic mass is 35.5. The van der Waals surface area contributed by atoms with Gasteiger partial charge in [0.15, 0.2) is 0 Å². The van der Waals surface area contributed by atoms with E-state index in [1.54, 1.807) is 11.8 Å². The van der Waals surface area contributed by atoms with Crippen LogP contribution in [0.1, 0.15) is 22.7 Å². The molecule has 141 valence electrons. The molecule has 1 unspecified atom stereocenters. The number of nitrogens with two attached hydrogens (primary N) is 1. The monoisotopic (exact) mass is 407 g/mol. The minimum absolute atomic E-state index is 0.310. The molecule has 0 saturated carbocycles. The molecular weight excluding hydrogens is 388 g/mol. The highest BCUT2D eigenvalue weighted by Crippen LogP contribution is 2.35. The summed E-state index contributed by atoms with van der Waals surface area (Å²) in [6.45, 7) is 1.46. The topological polar surface area (TPSA) is 46.3 Å². The van der Waals surface area contributed by atoms with E-state index in [0.717, 1.165) is 34.0 Å². The molecule has 1 radical (unpaired) electrons. The maximum Gasteiger partial charge on any atom is 0.239 e. The Kier molecular flexibility index (Phi) is 5.72. The largest absolute Gasteiger partial charge is 0.368 e. The molecule has 0 saturated heterocycles. The second-order valence-corrected chi connectivity index (χ2v) is 8.37. The fourth-order valence-corrected chi connectivity index (χ4v) is 4.70. The van der Waals surface area contributed by atoms with Crippen LogP contribution in [0, 0.1) is 6.07 Å². The lowest BCUT2D eigenvalue weighted by Gasteiger charge is -2.35. The number of carbonyl (C=O) groups is 1. The maximum atomic E-state index is 12.3. The van der Waals surface area contributed by atoms with Gasteiger partial charge in [-0.2, -0.15) is 0 Å². The van der Waals surface area contributed by atoms with Crippen molar-refractivity contribution in [2.24, 2.45) is 5.73 Å². The normalized spacial score (nSPS) is 16.5. The second kappa shape index (κ2) is 8.39. The van der Waals surface area contributed by atoms with Crippen LogP contribution in [0.5, 0.6) is 0 Å². The molecule has 1 aliphatic rings. The van der Waals surface area contributed by atoms with E-state index >= 15 is 0 Å². The summed E-state index contributed by atoms with van der Waals surface area (Å²) < 4.78 is 0. The summed E-state index contributed by atoms with van der Waals surface area (Å²) >= 11 is 7.70. The number of nitrogens with zero attached hydrogens (tertiary/aromatic N) is 1. The SMILES string of the molecule is NC(=O)C1c2cc[c]cc2CCN1Cc1ccccc1Sc1ccc(Cl)cc1. The molecule has 1 aliphatic heterocycles. The third-order valence-electron chi connectivity index (χ3n) is 4.97. The molecular formula is C23H20ClN2OS. The number of hydrogen-bond acceptors (Lipinski definition) is 3. The third-order valence-corrected chi connectivity index (χ3v) is 6.35. The van der Waals surface area contributed by atoms with Crippen molar-refractivity contribution in [1.82, 2.24) is 4.90 Å². The van der Waals surface area contributed by atoms with Crippen molar-refractivity contribution in [3.63, 3.8) is 0 Å². The number of primary amides is 1. The molecule has 28 heavy (non-hydrogen) atoms. The Morgan fingerprint density at radius 1 is 1.18 bits per heavy atom. The summed E-state index contributed by atoms with van der Waals surface area (Å²) in [4.78, 5) is 16.7. The van der Waals surface area contributed by atoms with Crippen molar-refractivity contribution in [3.05, 3.63) is 94.5 Å². The van der Waals surface area contributed by atoms with E-state index in [-0.39, 0.29) is 5.91 Å². The smallest absolute Gasteiger partial charge is 0.239 e.